The molecule has 0 heterocycles. The van der Waals surface area contributed by atoms with Gasteiger partial charge in [-0.3, -0.25) is 0 Å². The van der Waals surface area contributed by atoms with Crippen LogP contribution >= 0.6 is 0 Å². The highest BCUT2D eigenvalue weighted by Crippen LogP contribution is 2.18. The van der Waals surface area contributed by atoms with E-state index in [1.54, 1.807) is 62.8 Å². The van der Waals surface area contributed by atoms with Crippen LogP contribution in [0.4, 0.5) is 0 Å². The highest BCUT2D eigenvalue weighted by atomic mass is 16.6. The monoisotopic (exact) mass is 288 g/mol. The Balaban J connectivity index is 1.83. The van der Waals surface area contributed by atoms with Crippen LogP contribution in [-0.2, 0) is 4.79 Å². The molecule has 0 atom stereocenters. The van der Waals surface area contributed by atoms with Crippen LogP contribution in [0.15, 0.2) is 48.5 Å². The molecule has 2 rings (SSSR count). The highest BCUT2D eigenvalue weighted by molar-refractivity contribution is 5.74. The number of esters is 1. The standard InChI is InChI=1S/C16H16O5/c1-18-12-3-7-14(8-4-12)20-11-16(17)21-15-9-5-13(19-2)6-10-15/h3-10H,11H2,1-2H3. The molecule has 0 amide bonds. The van der Waals surface area contributed by atoms with Crippen LogP contribution < -0.4 is 18.9 Å². The van der Waals surface area contributed by atoms with E-state index in [4.69, 9.17) is 18.9 Å². The van der Waals surface area contributed by atoms with Crippen LogP contribution in [-0.4, -0.2) is 26.8 Å². The Morgan fingerprint density at radius 1 is 0.762 bits per heavy atom. The fourth-order valence-electron chi connectivity index (χ4n) is 1.62. The third-order valence-electron chi connectivity index (χ3n) is 2.71. The van der Waals surface area contributed by atoms with Crippen molar-refractivity contribution in [3.63, 3.8) is 0 Å². The molecule has 0 bridgehead atoms. The first-order chi connectivity index (χ1) is 10.2. The quantitative estimate of drug-likeness (QED) is 0.604. The fraction of sp³-hybridized carbons (Fsp3) is 0.188. The van der Waals surface area contributed by atoms with E-state index >= 15 is 0 Å². The molecule has 0 fully saturated rings. The molecular formula is C16H16O5. The minimum Gasteiger partial charge on any atom is -0.497 e. The average Bonchev–Trinajstić information content (AvgIpc) is 2.54. The van der Waals surface area contributed by atoms with Gasteiger partial charge in [-0.1, -0.05) is 0 Å². The van der Waals surface area contributed by atoms with Crippen LogP contribution in [0, 0.1) is 0 Å². The second-order valence-electron chi connectivity index (χ2n) is 4.11. The Hall–Kier alpha value is -2.69. The van der Waals surface area contributed by atoms with Gasteiger partial charge in [0.25, 0.3) is 0 Å². The van der Waals surface area contributed by atoms with Crippen LogP contribution in [0.1, 0.15) is 0 Å². The Bertz CT molecular complexity index is 575. The molecule has 2 aromatic rings. The van der Waals surface area contributed by atoms with Crippen molar-refractivity contribution in [3.05, 3.63) is 48.5 Å². The molecule has 0 spiro atoms. The van der Waals surface area contributed by atoms with Crippen LogP contribution in [0.25, 0.3) is 0 Å². The molecular weight excluding hydrogens is 272 g/mol. The average molecular weight is 288 g/mol. The topological polar surface area (TPSA) is 54.0 Å². The zero-order chi connectivity index (χ0) is 15.1. The first kappa shape index (κ1) is 14.7. The maximum atomic E-state index is 11.7. The lowest BCUT2D eigenvalue weighted by Crippen LogP contribution is -2.17. The number of carbonyl (C=O) groups is 1. The van der Waals surface area contributed by atoms with Crippen molar-refractivity contribution in [3.8, 4) is 23.0 Å². The number of rotatable bonds is 6. The van der Waals surface area contributed by atoms with Gasteiger partial charge in [-0.25, -0.2) is 4.79 Å². The van der Waals surface area contributed by atoms with E-state index in [-0.39, 0.29) is 6.61 Å². The second-order valence-corrected chi connectivity index (χ2v) is 4.11. The van der Waals surface area contributed by atoms with Crippen LogP contribution in [0.3, 0.4) is 0 Å². The van der Waals surface area contributed by atoms with E-state index in [2.05, 4.69) is 0 Å². The largest absolute Gasteiger partial charge is 0.497 e. The Kier molecular flexibility index (Phi) is 5.04. The maximum Gasteiger partial charge on any atom is 0.349 e. The zero-order valence-electron chi connectivity index (χ0n) is 11.9. The minimum atomic E-state index is -0.476. The normalized spacial score (nSPS) is 9.81. The predicted molar refractivity (Wildman–Crippen MR) is 77.1 cm³/mol. The lowest BCUT2D eigenvalue weighted by atomic mass is 10.3. The summed E-state index contributed by atoms with van der Waals surface area (Å²) < 4.78 is 20.5. The van der Waals surface area contributed by atoms with Gasteiger partial charge in [-0.15, -0.1) is 0 Å². The van der Waals surface area contributed by atoms with Gasteiger partial charge >= 0.3 is 5.97 Å². The summed E-state index contributed by atoms with van der Waals surface area (Å²) in [5.74, 6) is 1.96. The van der Waals surface area contributed by atoms with Crippen LogP contribution in [0.5, 0.6) is 23.0 Å². The third kappa shape index (κ3) is 4.42. The van der Waals surface area contributed by atoms with Gasteiger partial charge in [0.2, 0.25) is 0 Å². The van der Waals surface area contributed by atoms with Crippen molar-refractivity contribution in [1.82, 2.24) is 0 Å². The van der Waals surface area contributed by atoms with Crippen LogP contribution in [0.2, 0.25) is 0 Å². The van der Waals surface area contributed by atoms with E-state index < -0.39 is 5.97 Å². The highest BCUT2D eigenvalue weighted by Gasteiger charge is 2.06. The van der Waals surface area contributed by atoms with Gasteiger partial charge in [0, 0.05) is 0 Å². The van der Waals surface area contributed by atoms with E-state index in [0.29, 0.717) is 17.2 Å². The Morgan fingerprint density at radius 2 is 1.19 bits per heavy atom. The number of carbonyl (C=O) groups excluding carboxylic acids is 1. The summed E-state index contributed by atoms with van der Waals surface area (Å²) in [6.07, 6.45) is 0. The molecule has 21 heavy (non-hydrogen) atoms. The molecule has 0 N–H and O–H groups in total. The molecule has 0 aliphatic heterocycles. The number of hydrogen-bond acceptors (Lipinski definition) is 5. The van der Waals surface area contributed by atoms with Gasteiger partial charge in [-0.2, -0.15) is 0 Å². The predicted octanol–water partition coefficient (Wildman–Crippen LogP) is 2.69. The summed E-state index contributed by atoms with van der Waals surface area (Å²) in [5.41, 5.74) is 0. The first-order valence-electron chi connectivity index (χ1n) is 6.33. The third-order valence-corrected chi connectivity index (χ3v) is 2.71. The minimum absolute atomic E-state index is 0.168. The molecule has 0 aliphatic carbocycles. The Morgan fingerprint density at radius 3 is 1.67 bits per heavy atom. The zero-order valence-corrected chi connectivity index (χ0v) is 11.9. The fourth-order valence-corrected chi connectivity index (χ4v) is 1.62. The van der Waals surface area contributed by atoms with E-state index in [1.807, 2.05) is 0 Å². The van der Waals surface area contributed by atoms with Gasteiger partial charge in [0.15, 0.2) is 6.61 Å². The van der Waals surface area contributed by atoms with Crippen molar-refractivity contribution in [2.45, 2.75) is 0 Å². The molecule has 2 aromatic carbocycles. The lowest BCUT2D eigenvalue weighted by molar-refractivity contribution is -0.136. The lowest BCUT2D eigenvalue weighted by Gasteiger charge is -2.08. The van der Waals surface area contributed by atoms with Crippen molar-refractivity contribution < 1.29 is 23.7 Å². The molecule has 110 valence electrons. The molecule has 0 aromatic heterocycles. The molecule has 0 saturated heterocycles. The maximum absolute atomic E-state index is 11.7. The molecule has 5 heteroatoms. The first-order valence-corrected chi connectivity index (χ1v) is 6.33. The summed E-state index contributed by atoms with van der Waals surface area (Å²) in [7, 11) is 3.16. The SMILES string of the molecule is COc1ccc(OCC(=O)Oc2ccc(OC)cc2)cc1. The number of methoxy groups -OCH3 is 2. The van der Waals surface area contributed by atoms with Gasteiger partial charge in [-0.05, 0) is 48.5 Å². The van der Waals surface area contributed by atoms with Gasteiger partial charge in [0.05, 0.1) is 14.2 Å². The Labute approximate surface area is 123 Å². The molecule has 0 aliphatic rings. The molecule has 5 nitrogen and oxygen atoms in total. The van der Waals surface area contributed by atoms with Crippen molar-refractivity contribution in [1.29, 1.82) is 0 Å². The van der Waals surface area contributed by atoms with E-state index in [9.17, 15) is 4.79 Å². The number of hydrogen-bond donors (Lipinski definition) is 0. The van der Waals surface area contributed by atoms with Crippen molar-refractivity contribution in [2.75, 3.05) is 20.8 Å². The molecule has 0 unspecified atom stereocenters. The number of ether oxygens (including phenoxy) is 4. The van der Waals surface area contributed by atoms with Gasteiger partial charge < -0.3 is 18.9 Å². The summed E-state index contributed by atoms with van der Waals surface area (Å²) >= 11 is 0. The molecule has 0 radical (unpaired) electrons. The van der Waals surface area contributed by atoms with Crippen molar-refractivity contribution >= 4 is 5.97 Å². The summed E-state index contributed by atoms with van der Waals surface area (Å²) in [5, 5.41) is 0. The summed E-state index contributed by atoms with van der Waals surface area (Å²) in [6.45, 7) is -0.168. The van der Waals surface area contributed by atoms with E-state index in [0.717, 1.165) is 5.75 Å². The van der Waals surface area contributed by atoms with Gasteiger partial charge in [0.1, 0.15) is 23.0 Å². The molecule has 0 saturated carbocycles. The summed E-state index contributed by atoms with van der Waals surface area (Å²) in [6, 6.07) is 13.7. The second kappa shape index (κ2) is 7.19. The van der Waals surface area contributed by atoms with Crippen molar-refractivity contribution in [2.24, 2.45) is 0 Å². The van der Waals surface area contributed by atoms with E-state index in [1.165, 1.54) is 0 Å². The smallest absolute Gasteiger partial charge is 0.349 e. The number of benzene rings is 2. The summed E-state index contributed by atoms with van der Waals surface area (Å²) in [4.78, 5) is 11.7.